The van der Waals surface area contributed by atoms with Crippen molar-refractivity contribution in [2.45, 2.75) is 13.8 Å². The molecule has 4 heteroatoms. The molecule has 0 bridgehead atoms. The zero-order chi connectivity index (χ0) is 12.1. The first kappa shape index (κ1) is 12.6. The van der Waals surface area contributed by atoms with E-state index in [0.717, 1.165) is 11.6 Å². The first-order valence-corrected chi connectivity index (χ1v) is 5.16. The topological polar surface area (TPSA) is 46.5 Å². The van der Waals surface area contributed by atoms with E-state index in [1.54, 1.807) is 19.1 Å². The third-order valence-electron chi connectivity index (χ3n) is 1.97. The molecule has 0 saturated carbocycles. The van der Waals surface area contributed by atoms with Crippen LogP contribution in [0.25, 0.3) is 0 Å². The van der Waals surface area contributed by atoms with Crippen LogP contribution in [0.3, 0.4) is 0 Å². The Morgan fingerprint density at radius 1 is 1.56 bits per heavy atom. The van der Waals surface area contributed by atoms with Crippen LogP contribution in [0, 0.1) is 6.92 Å². The summed E-state index contributed by atoms with van der Waals surface area (Å²) in [6, 6.07) is 5.32. The molecule has 1 N–H and O–H groups in total. The molecule has 3 nitrogen and oxygen atoms in total. The average Bonchev–Trinajstić information content (AvgIpc) is 2.19. The van der Waals surface area contributed by atoms with E-state index in [2.05, 4.69) is 0 Å². The molecule has 16 heavy (non-hydrogen) atoms. The number of halogens is 1. The lowest BCUT2D eigenvalue weighted by molar-refractivity contribution is -0.131. The van der Waals surface area contributed by atoms with Crippen molar-refractivity contribution in [1.82, 2.24) is 0 Å². The molecular formula is C12H13ClO3. The molecular weight excluding hydrogens is 228 g/mol. The molecule has 1 rings (SSSR count). The number of carboxylic acids is 1. The van der Waals surface area contributed by atoms with E-state index in [0.29, 0.717) is 16.3 Å². The van der Waals surface area contributed by atoms with E-state index in [4.69, 9.17) is 21.4 Å². The van der Waals surface area contributed by atoms with Crippen LogP contribution in [0.2, 0.25) is 5.02 Å². The van der Waals surface area contributed by atoms with Crippen LogP contribution in [0.15, 0.2) is 29.8 Å². The minimum atomic E-state index is -0.964. The molecule has 0 aliphatic carbocycles. The van der Waals surface area contributed by atoms with Crippen LogP contribution in [0.1, 0.15) is 12.5 Å². The smallest absolute Gasteiger partial charge is 0.328 e. The van der Waals surface area contributed by atoms with Crippen molar-refractivity contribution >= 4 is 17.6 Å². The lowest BCUT2D eigenvalue weighted by Crippen LogP contribution is -2.01. The second-order valence-corrected chi connectivity index (χ2v) is 3.94. The van der Waals surface area contributed by atoms with Crippen LogP contribution < -0.4 is 4.74 Å². The normalized spacial score (nSPS) is 11.3. The zero-order valence-corrected chi connectivity index (χ0v) is 9.91. The summed E-state index contributed by atoms with van der Waals surface area (Å²) in [4.78, 5) is 10.4. The molecule has 0 atom stereocenters. The Hall–Kier alpha value is -1.48. The van der Waals surface area contributed by atoms with E-state index in [1.165, 1.54) is 0 Å². The van der Waals surface area contributed by atoms with E-state index < -0.39 is 5.97 Å². The maximum absolute atomic E-state index is 10.4. The number of hydrogen-bond acceptors (Lipinski definition) is 2. The number of aryl methyl sites for hydroxylation is 1. The van der Waals surface area contributed by atoms with Gasteiger partial charge in [0.25, 0.3) is 0 Å². The van der Waals surface area contributed by atoms with Crippen molar-refractivity contribution in [2.24, 2.45) is 0 Å². The highest BCUT2D eigenvalue weighted by Gasteiger charge is 2.00. The molecule has 86 valence electrons. The molecule has 0 radical (unpaired) electrons. The lowest BCUT2D eigenvalue weighted by atomic mass is 10.2. The molecule has 0 aliphatic rings. The number of aliphatic carboxylic acids is 1. The summed E-state index contributed by atoms with van der Waals surface area (Å²) in [5.41, 5.74) is 1.58. The second kappa shape index (κ2) is 5.56. The number of rotatable bonds is 4. The number of carbonyl (C=O) groups is 1. The number of carboxylic acid groups (broad SMARTS) is 1. The molecule has 0 amide bonds. The van der Waals surface area contributed by atoms with Gasteiger partial charge in [-0.05, 0) is 43.2 Å². The predicted octanol–water partition coefficient (Wildman–Crippen LogP) is 3.06. The van der Waals surface area contributed by atoms with Crippen LogP contribution in [-0.2, 0) is 4.79 Å². The van der Waals surface area contributed by atoms with E-state index in [-0.39, 0.29) is 6.61 Å². The Morgan fingerprint density at radius 3 is 2.81 bits per heavy atom. The number of ether oxygens (including phenoxy) is 1. The highest BCUT2D eigenvalue weighted by Crippen LogP contribution is 2.21. The Kier molecular flexibility index (Phi) is 4.38. The van der Waals surface area contributed by atoms with Crippen molar-refractivity contribution in [2.75, 3.05) is 6.61 Å². The molecule has 0 heterocycles. The molecule has 0 saturated heterocycles. The fraction of sp³-hybridized carbons (Fsp3) is 0.250. The minimum absolute atomic E-state index is 0.257. The molecule has 0 unspecified atom stereocenters. The van der Waals surface area contributed by atoms with Crippen molar-refractivity contribution < 1.29 is 14.6 Å². The van der Waals surface area contributed by atoms with Gasteiger partial charge in [-0.15, -0.1) is 0 Å². The monoisotopic (exact) mass is 240 g/mol. The van der Waals surface area contributed by atoms with Crippen LogP contribution in [-0.4, -0.2) is 17.7 Å². The van der Waals surface area contributed by atoms with Gasteiger partial charge in [0.15, 0.2) is 0 Å². The summed E-state index contributed by atoms with van der Waals surface area (Å²) in [5.74, 6) is -0.284. The molecule has 0 aromatic heterocycles. The summed E-state index contributed by atoms with van der Waals surface area (Å²) in [6.07, 6.45) is 1.13. The van der Waals surface area contributed by atoms with Gasteiger partial charge in [-0.3, -0.25) is 0 Å². The lowest BCUT2D eigenvalue weighted by Gasteiger charge is -2.07. The Labute approximate surface area is 99.3 Å². The van der Waals surface area contributed by atoms with Crippen molar-refractivity contribution in [1.29, 1.82) is 0 Å². The summed E-state index contributed by atoms with van der Waals surface area (Å²) >= 11 is 5.87. The molecule has 0 fully saturated rings. The fourth-order valence-electron chi connectivity index (χ4n) is 1.16. The van der Waals surface area contributed by atoms with Crippen LogP contribution in [0.4, 0.5) is 0 Å². The summed E-state index contributed by atoms with van der Waals surface area (Å²) < 4.78 is 5.41. The van der Waals surface area contributed by atoms with Gasteiger partial charge in [-0.2, -0.15) is 0 Å². The third-order valence-corrected chi connectivity index (χ3v) is 2.39. The first-order chi connectivity index (χ1) is 7.49. The van der Waals surface area contributed by atoms with Crippen molar-refractivity contribution in [3.63, 3.8) is 0 Å². The Balaban J connectivity index is 2.61. The average molecular weight is 241 g/mol. The summed E-state index contributed by atoms with van der Waals surface area (Å²) in [5, 5.41) is 9.20. The maximum atomic E-state index is 10.4. The van der Waals surface area contributed by atoms with Gasteiger partial charge in [0.05, 0.1) is 0 Å². The molecule has 1 aromatic carbocycles. The Bertz CT molecular complexity index is 424. The summed E-state index contributed by atoms with van der Waals surface area (Å²) in [7, 11) is 0. The third kappa shape index (κ3) is 3.95. The first-order valence-electron chi connectivity index (χ1n) is 4.78. The highest BCUT2D eigenvalue weighted by molar-refractivity contribution is 6.31. The number of benzene rings is 1. The van der Waals surface area contributed by atoms with Gasteiger partial charge in [-0.1, -0.05) is 11.6 Å². The van der Waals surface area contributed by atoms with Crippen LogP contribution >= 0.6 is 11.6 Å². The molecule has 0 aliphatic heterocycles. The van der Waals surface area contributed by atoms with Crippen molar-refractivity contribution in [3.05, 3.63) is 40.4 Å². The van der Waals surface area contributed by atoms with Gasteiger partial charge in [0.1, 0.15) is 12.4 Å². The van der Waals surface area contributed by atoms with Gasteiger partial charge in [0, 0.05) is 11.1 Å². The largest absolute Gasteiger partial charge is 0.489 e. The standard InChI is InChI=1S/C12H13ClO3/c1-8(5-12(14)15)7-16-10-3-4-11(13)9(2)6-10/h3-6H,7H2,1-2H3,(H,14,15)/b8-5+. The second-order valence-electron chi connectivity index (χ2n) is 3.53. The van der Waals surface area contributed by atoms with Gasteiger partial charge >= 0.3 is 5.97 Å². The Morgan fingerprint density at radius 2 is 2.25 bits per heavy atom. The van der Waals surface area contributed by atoms with E-state index >= 15 is 0 Å². The van der Waals surface area contributed by atoms with E-state index in [9.17, 15) is 4.79 Å². The predicted molar refractivity (Wildman–Crippen MR) is 63.1 cm³/mol. The van der Waals surface area contributed by atoms with Crippen LogP contribution in [0.5, 0.6) is 5.75 Å². The van der Waals surface area contributed by atoms with Gasteiger partial charge in [-0.25, -0.2) is 4.79 Å². The highest BCUT2D eigenvalue weighted by atomic mass is 35.5. The molecule has 0 spiro atoms. The van der Waals surface area contributed by atoms with E-state index in [1.807, 2.05) is 13.0 Å². The quantitative estimate of drug-likeness (QED) is 0.823. The minimum Gasteiger partial charge on any atom is -0.489 e. The van der Waals surface area contributed by atoms with Gasteiger partial charge in [0.2, 0.25) is 0 Å². The number of hydrogen-bond donors (Lipinski definition) is 1. The fourth-order valence-corrected chi connectivity index (χ4v) is 1.27. The van der Waals surface area contributed by atoms with Gasteiger partial charge < -0.3 is 9.84 Å². The zero-order valence-electron chi connectivity index (χ0n) is 9.16. The SMILES string of the molecule is C/C(=C\C(=O)O)COc1ccc(Cl)c(C)c1. The van der Waals surface area contributed by atoms with Crippen molar-refractivity contribution in [3.8, 4) is 5.75 Å². The summed E-state index contributed by atoms with van der Waals surface area (Å²) in [6.45, 7) is 3.85. The molecule has 1 aromatic rings. The maximum Gasteiger partial charge on any atom is 0.328 e.